The first-order valence-corrected chi connectivity index (χ1v) is 14.3. The van der Waals surface area contributed by atoms with E-state index in [1.54, 1.807) is 50.3 Å². The van der Waals surface area contributed by atoms with Gasteiger partial charge in [0.2, 0.25) is 17.6 Å². The Balaban J connectivity index is 1.48. The van der Waals surface area contributed by atoms with Gasteiger partial charge >= 0.3 is 0 Å². The van der Waals surface area contributed by atoms with Gasteiger partial charge in [-0.15, -0.1) is 0 Å². The number of nitrogens with one attached hydrogen (secondary N) is 1. The van der Waals surface area contributed by atoms with Crippen molar-refractivity contribution in [3.05, 3.63) is 101 Å². The molecule has 218 valence electrons. The molecule has 0 spiro atoms. The molecule has 1 aliphatic rings. The summed E-state index contributed by atoms with van der Waals surface area (Å²) in [5, 5.41) is 6.31. The summed E-state index contributed by atoms with van der Waals surface area (Å²) in [5.74, 6) is -1.48. The van der Waals surface area contributed by atoms with Crippen molar-refractivity contribution in [3.63, 3.8) is 0 Å². The molecule has 1 aliphatic heterocycles. The standard InChI is InChI=1S/C32H35ClN6O3/c1-32(37(2)3,29(40)24-10-7-15-35-19-24)36-31(42)26-20-38(16-13-23(26)18-21-8-5-4-6-9-21)39-17-14-22-11-12-25(30(34)41)27(33)28(22)39/h4-12,14-15,17,19,23,26H,13,16,18,20H2,1-3H3,(H2,34,41)(H,36,42). The lowest BCUT2D eigenvalue weighted by atomic mass is 9.80. The number of nitrogens with zero attached hydrogens (tertiary/aromatic N) is 4. The number of likely N-dealkylation sites (N-methyl/N-ethyl adjacent to an activating group) is 1. The first-order chi connectivity index (χ1) is 20.1. The second-order valence-corrected chi connectivity index (χ2v) is 11.6. The van der Waals surface area contributed by atoms with Crippen molar-refractivity contribution < 1.29 is 14.4 Å². The molecule has 1 fully saturated rings. The van der Waals surface area contributed by atoms with E-state index in [9.17, 15) is 14.4 Å². The van der Waals surface area contributed by atoms with Crippen molar-refractivity contribution in [3.8, 4) is 0 Å². The number of Topliss-reactive ketones (excluding diaryl/α,β-unsaturated/α-hetero) is 1. The summed E-state index contributed by atoms with van der Waals surface area (Å²) >= 11 is 6.68. The maximum atomic E-state index is 14.2. The highest BCUT2D eigenvalue weighted by molar-refractivity contribution is 6.38. The van der Waals surface area contributed by atoms with Crippen LogP contribution in [0.5, 0.6) is 0 Å². The van der Waals surface area contributed by atoms with E-state index in [1.165, 1.54) is 6.20 Å². The van der Waals surface area contributed by atoms with Crippen LogP contribution in [0.4, 0.5) is 0 Å². The minimum absolute atomic E-state index is 0.0297. The summed E-state index contributed by atoms with van der Waals surface area (Å²) in [6.07, 6.45) is 6.47. The van der Waals surface area contributed by atoms with Crippen molar-refractivity contribution in [1.82, 2.24) is 19.9 Å². The number of ketones is 1. The highest BCUT2D eigenvalue weighted by Gasteiger charge is 2.42. The van der Waals surface area contributed by atoms with Crippen LogP contribution < -0.4 is 16.1 Å². The largest absolute Gasteiger partial charge is 0.366 e. The Morgan fingerprint density at radius 1 is 1.10 bits per heavy atom. The van der Waals surface area contributed by atoms with E-state index < -0.39 is 17.5 Å². The fourth-order valence-corrected chi connectivity index (χ4v) is 6.07. The molecule has 3 unspecified atom stereocenters. The first-order valence-electron chi connectivity index (χ1n) is 13.9. The minimum atomic E-state index is -1.29. The third kappa shape index (κ3) is 5.62. The van der Waals surface area contributed by atoms with Gasteiger partial charge in [-0.05, 0) is 69.6 Å². The Labute approximate surface area is 250 Å². The van der Waals surface area contributed by atoms with E-state index in [0.29, 0.717) is 24.2 Å². The number of pyridine rings is 1. The third-order valence-electron chi connectivity index (χ3n) is 8.38. The monoisotopic (exact) mass is 586 g/mol. The lowest BCUT2D eigenvalue weighted by Gasteiger charge is -2.42. The number of carbonyl (C=O) groups is 3. The van der Waals surface area contributed by atoms with Gasteiger partial charge in [0, 0.05) is 42.6 Å². The fourth-order valence-electron chi connectivity index (χ4n) is 5.72. The second kappa shape index (κ2) is 12.0. The van der Waals surface area contributed by atoms with Crippen LogP contribution in [0.2, 0.25) is 5.02 Å². The highest BCUT2D eigenvalue weighted by Crippen LogP contribution is 2.32. The number of benzene rings is 2. The molecule has 42 heavy (non-hydrogen) atoms. The molecule has 0 aliphatic carbocycles. The van der Waals surface area contributed by atoms with Gasteiger partial charge in [0.05, 0.1) is 22.0 Å². The summed E-state index contributed by atoms with van der Waals surface area (Å²) in [4.78, 5) is 45.7. The Bertz CT molecular complexity index is 1610. The molecular weight excluding hydrogens is 552 g/mol. The van der Waals surface area contributed by atoms with E-state index in [4.69, 9.17) is 17.3 Å². The smallest absolute Gasteiger partial charge is 0.250 e. The summed E-state index contributed by atoms with van der Waals surface area (Å²) in [6.45, 7) is 2.77. The summed E-state index contributed by atoms with van der Waals surface area (Å²) < 4.78 is 1.91. The Morgan fingerprint density at radius 2 is 1.86 bits per heavy atom. The van der Waals surface area contributed by atoms with Gasteiger partial charge in [-0.1, -0.05) is 48.0 Å². The van der Waals surface area contributed by atoms with E-state index >= 15 is 0 Å². The molecular formula is C32H35ClN6O3. The van der Waals surface area contributed by atoms with Gasteiger partial charge in [0.25, 0.3) is 0 Å². The lowest BCUT2D eigenvalue weighted by molar-refractivity contribution is -0.130. The Hall–Kier alpha value is -4.21. The van der Waals surface area contributed by atoms with Crippen molar-refractivity contribution in [2.24, 2.45) is 17.6 Å². The zero-order valence-electron chi connectivity index (χ0n) is 24.0. The molecule has 4 aromatic rings. The topological polar surface area (TPSA) is 114 Å². The van der Waals surface area contributed by atoms with Gasteiger partial charge in [0.15, 0.2) is 5.66 Å². The normalized spacial score (nSPS) is 18.5. The molecule has 2 aromatic carbocycles. The van der Waals surface area contributed by atoms with Gasteiger partial charge in [-0.25, -0.2) is 0 Å². The van der Waals surface area contributed by atoms with Crippen LogP contribution in [0.15, 0.2) is 79.3 Å². The predicted molar refractivity (Wildman–Crippen MR) is 164 cm³/mol. The number of amides is 2. The van der Waals surface area contributed by atoms with Crippen molar-refractivity contribution in [2.75, 3.05) is 32.2 Å². The molecule has 0 bridgehead atoms. The zero-order valence-corrected chi connectivity index (χ0v) is 24.7. The maximum absolute atomic E-state index is 14.2. The molecule has 5 rings (SSSR count). The number of carbonyl (C=O) groups excluding carboxylic acids is 3. The molecule has 2 aromatic heterocycles. The molecule has 9 nitrogen and oxygen atoms in total. The van der Waals surface area contributed by atoms with Crippen LogP contribution in [-0.2, 0) is 11.2 Å². The summed E-state index contributed by atoms with van der Waals surface area (Å²) in [5.41, 5.74) is 6.75. The average molecular weight is 587 g/mol. The number of rotatable bonds is 9. The van der Waals surface area contributed by atoms with Crippen molar-refractivity contribution >= 4 is 40.1 Å². The molecule has 3 atom stereocenters. The molecule has 10 heteroatoms. The Morgan fingerprint density at radius 3 is 2.52 bits per heavy atom. The summed E-state index contributed by atoms with van der Waals surface area (Å²) in [7, 11) is 3.54. The summed E-state index contributed by atoms with van der Waals surface area (Å²) in [6, 6.07) is 18.9. The first kappa shape index (κ1) is 29.3. The molecule has 1 saturated heterocycles. The Kier molecular flexibility index (Phi) is 8.34. The number of hydrogen-bond acceptors (Lipinski definition) is 6. The molecule has 3 N–H and O–H groups in total. The number of fused-ring (bicyclic) bond motifs is 1. The second-order valence-electron chi connectivity index (χ2n) is 11.2. The van der Waals surface area contributed by atoms with E-state index in [0.717, 1.165) is 23.8 Å². The predicted octanol–water partition coefficient (Wildman–Crippen LogP) is 3.88. The molecule has 0 radical (unpaired) electrons. The number of halogens is 1. The number of primary amides is 1. The van der Waals surface area contributed by atoms with Gasteiger partial charge < -0.3 is 16.1 Å². The van der Waals surface area contributed by atoms with Crippen molar-refractivity contribution in [1.29, 1.82) is 0 Å². The lowest BCUT2D eigenvalue weighted by Crippen LogP contribution is -2.64. The molecule has 2 amide bonds. The van der Waals surface area contributed by atoms with E-state index in [2.05, 4.69) is 27.4 Å². The van der Waals surface area contributed by atoms with Crippen LogP contribution in [0.1, 0.15) is 39.6 Å². The molecule has 0 saturated carbocycles. The van der Waals surface area contributed by atoms with Crippen LogP contribution in [0.25, 0.3) is 10.9 Å². The van der Waals surface area contributed by atoms with Crippen LogP contribution in [0.3, 0.4) is 0 Å². The van der Waals surface area contributed by atoms with Crippen LogP contribution in [-0.4, -0.2) is 65.0 Å². The van der Waals surface area contributed by atoms with Gasteiger partial charge in [-0.2, -0.15) is 0 Å². The number of piperidine rings is 1. The van der Waals surface area contributed by atoms with Crippen LogP contribution in [0, 0.1) is 11.8 Å². The van der Waals surface area contributed by atoms with E-state index in [1.807, 2.05) is 41.2 Å². The number of aromatic nitrogens is 2. The third-order valence-corrected chi connectivity index (χ3v) is 8.76. The van der Waals surface area contributed by atoms with Gasteiger partial charge in [0.1, 0.15) is 0 Å². The maximum Gasteiger partial charge on any atom is 0.250 e. The van der Waals surface area contributed by atoms with Crippen molar-refractivity contribution in [2.45, 2.75) is 25.4 Å². The SMILES string of the molecule is CN(C)C(C)(NC(=O)C1CN(n2ccc3ccc(C(N)=O)c(Cl)c32)CCC1Cc1ccccc1)C(=O)c1cccnc1. The highest BCUT2D eigenvalue weighted by atomic mass is 35.5. The molecule has 3 heterocycles. The number of nitrogens with two attached hydrogens (primary N) is 1. The zero-order chi connectivity index (χ0) is 30.0. The quantitative estimate of drug-likeness (QED) is 0.227. The number of hydrogen-bond donors (Lipinski definition) is 2. The fraction of sp³-hybridized carbons (Fsp3) is 0.312. The van der Waals surface area contributed by atoms with E-state index in [-0.39, 0.29) is 28.2 Å². The van der Waals surface area contributed by atoms with Crippen LogP contribution >= 0.6 is 11.6 Å². The van der Waals surface area contributed by atoms with Gasteiger partial charge in [-0.3, -0.25) is 28.9 Å². The average Bonchev–Trinajstić information content (AvgIpc) is 3.43. The minimum Gasteiger partial charge on any atom is -0.366 e.